The molecule has 22 nitrogen and oxygen atoms in total. The Labute approximate surface area is 535 Å². The minimum absolute atomic E-state index is 0.00463. The van der Waals surface area contributed by atoms with Crippen LogP contribution in [0, 0.1) is 29.6 Å². The molecule has 6 rings (SSSR count). The van der Waals surface area contributed by atoms with Gasteiger partial charge in [-0.1, -0.05) is 96.9 Å². The highest BCUT2D eigenvalue weighted by Crippen LogP contribution is 2.39. The Bertz CT molecular complexity index is 2600. The number of ether oxygens (including phenoxy) is 1. The third-order valence-electron chi connectivity index (χ3n) is 15.1. The molecule has 0 unspecified atom stereocenters. The number of carbonyl (C=O) groups excluding carboxylic acids is 6. The van der Waals surface area contributed by atoms with Crippen molar-refractivity contribution in [3.05, 3.63) is 71.8 Å². The number of rotatable bonds is 23. The van der Waals surface area contributed by atoms with E-state index in [9.17, 15) is 28.8 Å². The maximum atomic E-state index is 11.8. The third kappa shape index (κ3) is 33.9. The fraction of sp³-hybridized carbons (Fsp3) is 0.731. The number of hydrogen-bond donors (Lipinski definition) is 6. The molecule has 5 heterocycles. The van der Waals surface area contributed by atoms with Gasteiger partial charge in [0.1, 0.15) is 17.2 Å². The van der Waals surface area contributed by atoms with Crippen LogP contribution >= 0.6 is 0 Å². The van der Waals surface area contributed by atoms with Crippen LogP contribution in [0.2, 0.25) is 0 Å². The number of aromatic nitrogens is 8. The first-order valence-corrected chi connectivity index (χ1v) is 32.1. The van der Waals surface area contributed by atoms with Crippen molar-refractivity contribution in [2.45, 2.75) is 270 Å². The number of amides is 5. The molecule has 1 saturated carbocycles. The Morgan fingerprint density at radius 3 is 1.29 bits per heavy atom. The van der Waals surface area contributed by atoms with Gasteiger partial charge in [0.05, 0.1) is 50.1 Å². The van der Waals surface area contributed by atoms with Gasteiger partial charge >= 0.3 is 0 Å². The van der Waals surface area contributed by atoms with E-state index in [2.05, 4.69) is 122 Å². The Hall–Kier alpha value is -6.26. The molecule has 5 amide bonds. The summed E-state index contributed by atoms with van der Waals surface area (Å²) in [5.74, 6) is 2.90. The molecule has 0 bridgehead atoms. The molecule has 510 valence electrons. The first-order valence-electron chi connectivity index (χ1n) is 32.1. The minimum atomic E-state index is -0.757. The smallest absolute Gasteiger partial charge is 0.246 e. The zero-order chi connectivity index (χ0) is 69.4. The van der Waals surface area contributed by atoms with E-state index in [4.69, 9.17) is 38.5 Å². The highest BCUT2D eigenvalue weighted by molar-refractivity contribution is 5.85. The first kappa shape index (κ1) is 84.8. The van der Waals surface area contributed by atoms with E-state index in [1.165, 1.54) is 29.5 Å². The van der Waals surface area contributed by atoms with Crippen molar-refractivity contribution in [3.8, 4) is 0 Å². The number of ketones is 1. The predicted octanol–water partition coefficient (Wildman–Crippen LogP) is 9.82. The molecule has 0 radical (unpaired) electrons. The van der Waals surface area contributed by atoms with Gasteiger partial charge < -0.3 is 38.5 Å². The zero-order valence-electron chi connectivity index (χ0n) is 59.4. The lowest BCUT2D eigenvalue weighted by molar-refractivity contribution is -0.131. The second kappa shape index (κ2) is 41.9. The number of nitrogens with two attached hydrogens (primary N) is 5. The number of Topliss-reactive ketones (excluding diaryl/α,β-unsaturated/α-hetero) is 1. The van der Waals surface area contributed by atoms with Crippen molar-refractivity contribution in [1.29, 1.82) is 0 Å². The first-order chi connectivity index (χ1) is 41.0. The standard InChI is InChI=1S/C12H20N2O.C10H17N3O.C9H17NO.C8H14N2O.C8H16N2O.C7H12N2.C7H15NO.C6H13NO2/c1-6-11(15)12(4,5)14-8-10(7-13-14)9(2)3;1-7(2)8-5-12-13(6-8)10(3,4)9(11)14;1-6(2)5-8(9(10)11)7-3-4-7;1-7(2)8-5-9-10(6-8)3-4-11;1-6(2)10-5-3-4-7(10)8(9)11;1-6(2)7-4-8-9(3)5-7;1-5(2)4-6(3)7(8)9;1-4(2)9-5(3)6(7)8/h7-9H,6H2,1-5H3;5-7H,1-4H3,(H2,11,14);6-8H,3-5H2,1-2H3,(H2,10,11);5-7,11H,3-4H2,1-2H3;6-7H,3-5H2,1-2H3,(H2,9,11);4-6H,1-3H3;5-6H,4H2,1-3H3,(H2,8,9);4-5H,1-3H3,(H2,7,8)/t;;8-;;7-;;6-;5-/m..0.0.10/s1. The van der Waals surface area contributed by atoms with Crippen LogP contribution in [0.3, 0.4) is 0 Å². The van der Waals surface area contributed by atoms with Crippen LogP contribution in [0.1, 0.15) is 250 Å². The quantitative estimate of drug-likeness (QED) is 0.0403. The minimum Gasteiger partial charge on any atom is -0.394 e. The molecule has 11 N–H and O–H groups in total. The third-order valence-corrected chi connectivity index (χ3v) is 15.1. The highest BCUT2D eigenvalue weighted by atomic mass is 16.5. The molecule has 89 heavy (non-hydrogen) atoms. The van der Waals surface area contributed by atoms with Crippen LogP contribution in [0.5, 0.6) is 0 Å². The Morgan fingerprint density at radius 2 is 1.02 bits per heavy atom. The summed E-state index contributed by atoms with van der Waals surface area (Å²) in [5, 5.41) is 25.2. The summed E-state index contributed by atoms with van der Waals surface area (Å²) in [5.41, 5.74) is 29.3. The van der Waals surface area contributed by atoms with Crippen molar-refractivity contribution < 1.29 is 38.6 Å². The normalized spacial score (nSPS) is 14.9. The van der Waals surface area contributed by atoms with Gasteiger partial charge in [-0.3, -0.25) is 52.4 Å². The molecule has 4 atom stereocenters. The Morgan fingerprint density at radius 1 is 0.584 bits per heavy atom. The number of aliphatic hydroxyl groups excluding tert-OH is 1. The van der Waals surface area contributed by atoms with Crippen molar-refractivity contribution in [2.24, 2.45) is 65.3 Å². The number of aryl methyl sites for hydroxylation is 1. The average molecular weight is 1250 g/mol. The fourth-order valence-corrected chi connectivity index (χ4v) is 8.75. The number of hydrogen-bond acceptors (Lipinski definition) is 13. The summed E-state index contributed by atoms with van der Waals surface area (Å²) in [4.78, 5) is 67.7. The van der Waals surface area contributed by atoms with E-state index in [-0.39, 0.29) is 60.0 Å². The van der Waals surface area contributed by atoms with Crippen molar-refractivity contribution in [3.63, 3.8) is 0 Å². The van der Waals surface area contributed by atoms with Crippen LogP contribution in [0.15, 0.2) is 49.6 Å². The Balaban J connectivity index is 0. The van der Waals surface area contributed by atoms with Gasteiger partial charge in [-0.05, 0) is 171 Å². The topological polar surface area (TPSA) is 336 Å². The summed E-state index contributed by atoms with van der Waals surface area (Å²) in [6, 6.07) is 0.435. The van der Waals surface area contributed by atoms with E-state index < -0.39 is 23.1 Å². The molecule has 4 aromatic rings. The van der Waals surface area contributed by atoms with Crippen LogP contribution in [-0.2, 0) is 58.2 Å². The van der Waals surface area contributed by atoms with E-state index in [0.29, 0.717) is 60.4 Å². The largest absolute Gasteiger partial charge is 0.394 e. The molecule has 1 saturated heterocycles. The molecule has 4 aromatic heterocycles. The molecule has 1 aliphatic carbocycles. The molecule has 0 aromatic carbocycles. The van der Waals surface area contributed by atoms with E-state index in [1.54, 1.807) is 41.0 Å². The van der Waals surface area contributed by atoms with Crippen LogP contribution < -0.4 is 28.7 Å². The molecule has 2 fully saturated rings. The second-order valence-electron chi connectivity index (χ2n) is 27.1. The van der Waals surface area contributed by atoms with Crippen molar-refractivity contribution >= 4 is 35.3 Å². The number of carbonyl (C=O) groups is 6. The number of aliphatic hydroxyl groups is 1. The van der Waals surface area contributed by atoms with Gasteiger partial charge in [0.2, 0.25) is 29.5 Å². The monoisotopic (exact) mass is 1250 g/mol. The van der Waals surface area contributed by atoms with Crippen LogP contribution in [0.25, 0.3) is 0 Å². The van der Waals surface area contributed by atoms with Gasteiger partial charge in [-0.25, -0.2) is 0 Å². The molecule has 2 aliphatic rings. The van der Waals surface area contributed by atoms with Gasteiger partial charge in [-0.2, -0.15) is 20.4 Å². The molecule has 1 aliphatic heterocycles. The summed E-state index contributed by atoms with van der Waals surface area (Å²) < 4.78 is 12.0. The van der Waals surface area contributed by atoms with Crippen LogP contribution in [0.4, 0.5) is 0 Å². The molecular formula is C67H124N14O8. The summed E-state index contributed by atoms with van der Waals surface area (Å²) in [6.45, 7) is 47.8. The molecular weight excluding hydrogens is 1130 g/mol. The molecule has 22 heteroatoms. The summed E-state index contributed by atoms with van der Waals surface area (Å²) in [7, 11) is 1.94. The van der Waals surface area contributed by atoms with Crippen molar-refractivity contribution in [1.82, 2.24) is 44.0 Å². The number of likely N-dealkylation sites (tertiary alicyclic amines) is 1. The fourth-order valence-electron chi connectivity index (χ4n) is 8.75. The second-order valence-corrected chi connectivity index (χ2v) is 27.1. The lowest BCUT2D eigenvalue weighted by Crippen LogP contribution is -2.43. The summed E-state index contributed by atoms with van der Waals surface area (Å²) >= 11 is 0. The van der Waals surface area contributed by atoms with E-state index in [1.807, 2.05) is 96.6 Å². The van der Waals surface area contributed by atoms with Gasteiger partial charge in [0.25, 0.3) is 0 Å². The number of primary amides is 5. The maximum absolute atomic E-state index is 11.8. The van der Waals surface area contributed by atoms with Gasteiger partial charge in [0.15, 0.2) is 5.78 Å². The SMILES string of the molecule is CC(C)C[C@@H](C)C(N)=O.CC(C)C[C@H](C(N)=O)C1CC1.CC(C)N1CCC[C@H]1C(N)=O.CC(C)O[C@@H](C)C(N)=O.CC(C)c1cnn(C(C)(C)C(N)=O)c1.CC(C)c1cnn(C)c1.CC(C)c1cnn(CCO)c1.CCC(=O)C(C)(C)n1cc(C(C)C)cn1. The summed E-state index contributed by atoms with van der Waals surface area (Å²) in [6.07, 6.45) is 21.7. The van der Waals surface area contributed by atoms with Gasteiger partial charge in [-0.15, -0.1) is 0 Å². The van der Waals surface area contributed by atoms with E-state index >= 15 is 0 Å². The maximum Gasteiger partial charge on any atom is 0.246 e. The lowest BCUT2D eigenvalue weighted by atomic mass is 9.92. The molecule has 0 spiro atoms. The highest BCUT2D eigenvalue weighted by Gasteiger charge is 2.35. The number of nitrogens with zero attached hydrogens (tertiary/aromatic N) is 9. The van der Waals surface area contributed by atoms with Crippen LogP contribution in [-0.4, -0.2) is 122 Å². The average Bonchev–Trinajstić information content (AvgIpc) is 4.35. The Kier molecular flexibility index (Phi) is 39.9. The van der Waals surface area contributed by atoms with Crippen molar-refractivity contribution in [2.75, 3.05) is 13.2 Å². The van der Waals surface area contributed by atoms with Gasteiger partial charge in [0, 0.05) is 56.1 Å². The zero-order valence-corrected chi connectivity index (χ0v) is 59.4. The predicted molar refractivity (Wildman–Crippen MR) is 358 cm³/mol. The van der Waals surface area contributed by atoms with E-state index in [0.717, 1.165) is 37.8 Å². The lowest BCUT2D eigenvalue weighted by Gasteiger charge is -2.25.